The van der Waals surface area contributed by atoms with Gasteiger partial charge in [0, 0.05) is 24.4 Å². The second-order valence-corrected chi connectivity index (χ2v) is 7.44. The van der Waals surface area contributed by atoms with Crippen molar-refractivity contribution >= 4 is 22.2 Å². The van der Waals surface area contributed by atoms with E-state index in [9.17, 15) is 9.90 Å². The van der Waals surface area contributed by atoms with Crippen LogP contribution in [-0.2, 0) is 0 Å². The quantitative estimate of drug-likeness (QED) is 0.520. The third kappa shape index (κ3) is 3.71. The fourth-order valence-electron chi connectivity index (χ4n) is 3.27. The highest BCUT2D eigenvalue weighted by Gasteiger charge is 2.12. The van der Waals surface area contributed by atoms with Crippen LogP contribution in [0.5, 0.6) is 0 Å². The average molecular weight is 383 g/mol. The van der Waals surface area contributed by atoms with Gasteiger partial charge in [-0.25, -0.2) is 4.52 Å². The molecule has 0 aliphatic carbocycles. The van der Waals surface area contributed by atoms with Crippen molar-refractivity contribution in [3.8, 4) is 23.0 Å². The van der Waals surface area contributed by atoms with E-state index in [4.69, 9.17) is 0 Å². The molecule has 2 heterocycles. The number of hydrogen-bond donors (Lipinski definition) is 2. The molecule has 0 bridgehead atoms. The normalized spacial score (nSPS) is 11.3. The maximum Gasteiger partial charge on any atom is 0.251 e. The summed E-state index contributed by atoms with van der Waals surface area (Å²) in [5, 5.41) is 19.1. The standard InChI is InChI=1S/C24H21N3O2/c1-24(2,29)11-10-16-5-4-12-27-22(16)21(15-26-27)19-8-6-18-14-20(23(28)25-3)9-7-17(18)13-19/h4-9,12-15,29H,1-3H3,(H,25,28). The van der Waals surface area contributed by atoms with Gasteiger partial charge in [0.2, 0.25) is 0 Å². The minimum absolute atomic E-state index is 0.103. The summed E-state index contributed by atoms with van der Waals surface area (Å²) in [6.45, 7) is 3.32. The van der Waals surface area contributed by atoms with Crippen molar-refractivity contribution < 1.29 is 9.90 Å². The van der Waals surface area contributed by atoms with E-state index in [-0.39, 0.29) is 5.91 Å². The first-order valence-electron chi connectivity index (χ1n) is 9.34. The van der Waals surface area contributed by atoms with Crippen LogP contribution in [0, 0.1) is 11.8 Å². The number of fused-ring (bicyclic) bond motifs is 2. The fraction of sp³-hybridized carbons (Fsp3) is 0.167. The lowest BCUT2D eigenvalue weighted by Gasteiger charge is -2.08. The van der Waals surface area contributed by atoms with Gasteiger partial charge in [0.05, 0.1) is 17.3 Å². The number of rotatable bonds is 2. The van der Waals surface area contributed by atoms with Crippen LogP contribution in [0.2, 0.25) is 0 Å². The van der Waals surface area contributed by atoms with Gasteiger partial charge in [0.1, 0.15) is 5.60 Å². The highest BCUT2D eigenvalue weighted by molar-refractivity contribution is 5.99. The van der Waals surface area contributed by atoms with Gasteiger partial charge in [-0.3, -0.25) is 4.79 Å². The monoisotopic (exact) mass is 383 g/mol. The van der Waals surface area contributed by atoms with E-state index < -0.39 is 5.60 Å². The maximum absolute atomic E-state index is 11.9. The largest absolute Gasteiger partial charge is 0.378 e. The van der Waals surface area contributed by atoms with Gasteiger partial charge < -0.3 is 10.4 Å². The first kappa shape index (κ1) is 18.7. The molecule has 2 N–H and O–H groups in total. The first-order chi connectivity index (χ1) is 13.9. The Balaban J connectivity index is 1.85. The molecular formula is C24H21N3O2. The Morgan fingerprint density at radius 3 is 2.66 bits per heavy atom. The van der Waals surface area contributed by atoms with Crippen molar-refractivity contribution in [2.45, 2.75) is 19.4 Å². The average Bonchev–Trinajstić information content (AvgIpc) is 3.15. The van der Waals surface area contributed by atoms with Gasteiger partial charge in [-0.15, -0.1) is 0 Å². The van der Waals surface area contributed by atoms with Crippen molar-refractivity contribution in [3.05, 3.63) is 72.1 Å². The topological polar surface area (TPSA) is 66.6 Å². The van der Waals surface area contributed by atoms with E-state index in [1.54, 1.807) is 25.4 Å². The van der Waals surface area contributed by atoms with Gasteiger partial charge in [-0.1, -0.05) is 30.0 Å². The van der Waals surface area contributed by atoms with Gasteiger partial charge >= 0.3 is 0 Å². The molecule has 0 unspecified atom stereocenters. The number of aromatic nitrogens is 2. The SMILES string of the molecule is CNC(=O)c1ccc2cc(-c3cnn4cccc(C#CC(C)(C)O)c34)ccc2c1. The molecule has 0 aliphatic heterocycles. The predicted octanol–water partition coefficient (Wildman–Crippen LogP) is 3.64. The van der Waals surface area contributed by atoms with Crippen LogP contribution in [-0.4, -0.2) is 33.3 Å². The zero-order valence-electron chi connectivity index (χ0n) is 16.5. The van der Waals surface area contributed by atoms with Gasteiger partial charge in [0.15, 0.2) is 0 Å². The highest BCUT2D eigenvalue weighted by Crippen LogP contribution is 2.30. The summed E-state index contributed by atoms with van der Waals surface area (Å²) in [5.74, 6) is 5.86. The minimum Gasteiger partial charge on any atom is -0.378 e. The summed E-state index contributed by atoms with van der Waals surface area (Å²) >= 11 is 0. The number of benzene rings is 2. The zero-order valence-corrected chi connectivity index (χ0v) is 16.5. The number of amides is 1. The number of aliphatic hydroxyl groups is 1. The van der Waals surface area contributed by atoms with E-state index in [2.05, 4.69) is 28.3 Å². The van der Waals surface area contributed by atoms with E-state index in [1.165, 1.54) is 0 Å². The van der Waals surface area contributed by atoms with Gasteiger partial charge in [-0.2, -0.15) is 5.10 Å². The molecule has 2 aromatic carbocycles. The van der Waals surface area contributed by atoms with Crippen LogP contribution in [0.15, 0.2) is 60.9 Å². The molecule has 4 rings (SSSR count). The summed E-state index contributed by atoms with van der Waals surface area (Å²) in [6, 6.07) is 15.6. The Labute approximate surface area is 169 Å². The zero-order chi connectivity index (χ0) is 20.6. The Morgan fingerprint density at radius 2 is 1.90 bits per heavy atom. The Morgan fingerprint density at radius 1 is 1.14 bits per heavy atom. The molecule has 0 aliphatic rings. The van der Waals surface area contributed by atoms with Crippen LogP contribution in [0.4, 0.5) is 0 Å². The van der Waals surface area contributed by atoms with Crippen LogP contribution in [0.25, 0.3) is 27.4 Å². The lowest BCUT2D eigenvalue weighted by atomic mass is 9.99. The van der Waals surface area contributed by atoms with Crippen LogP contribution < -0.4 is 5.32 Å². The molecule has 0 fully saturated rings. The summed E-state index contributed by atoms with van der Waals surface area (Å²) in [5.41, 5.74) is 3.23. The molecule has 144 valence electrons. The highest BCUT2D eigenvalue weighted by atomic mass is 16.3. The van der Waals surface area contributed by atoms with Crippen LogP contribution in [0.1, 0.15) is 29.8 Å². The van der Waals surface area contributed by atoms with Crippen molar-refractivity contribution in [2.24, 2.45) is 0 Å². The van der Waals surface area contributed by atoms with Crippen molar-refractivity contribution in [1.29, 1.82) is 0 Å². The third-order valence-electron chi connectivity index (χ3n) is 4.68. The summed E-state index contributed by atoms with van der Waals surface area (Å²) in [4.78, 5) is 11.9. The van der Waals surface area contributed by atoms with Gasteiger partial charge in [0.25, 0.3) is 5.91 Å². The van der Waals surface area contributed by atoms with Gasteiger partial charge in [-0.05, 0) is 60.5 Å². The molecule has 0 saturated heterocycles. The van der Waals surface area contributed by atoms with Crippen molar-refractivity contribution in [3.63, 3.8) is 0 Å². The minimum atomic E-state index is -1.07. The molecule has 0 spiro atoms. The Hall–Kier alpha value is -3.62. The number of nitrogens with zero attached hydrogens (tertiary/aromatic N) is 2. The number of carbonyl (C=O) groups is 1. The van der Waals surface area contributed by atoms with E-state index in [1.807, 2.05) is 54.9 Å². The number of carbonyl (C=O) groups excluding carboxylic acids is 1. The summed E-state index contributed by atoms with van der Waals surface area (Å²) in [6.07, 6.45) is 3.70. The lowest BCUT2D eigenvalue weighted by molar-refractivity contribution is 0.0963. The van der Waals surface area contributed by atoms with Crippen molar-refractivity contribution in [2.75, 3.05) is 7.05 Å². The smallest absolute Gasteiger partial charge is 0.251 e. The van der Waals surface area contributed by atoms with Crippen molar-refractivity contribution in [1.82, 2.24) is 14.9 Å². The number of hydrogen-bond acceptors (Lipinski definition) is 3. The van der Waals surface area contributed by atoms with E-state index in [0.717, 1.165) is 33.0 Å². The second-order valence-electron chi connectivity index (χ2n) is 7.44. The number of pyridine rings is 1. The molecule has 0 atom stereocenters. The summed E-state index contributed by atoms with van der Waals surface area (Å²) < 4.78 is 1.79. The Bertz CT molecular complexity index is 1300. The molecule has 4 aromatic rings. The lowest BCUT2D eigenvalue weighted by Crippen LogP contribution is -2.17. The molecule has 29 heavy (non-hydrogen) atoms. The van der Waals surface area contributed by atoms with E-state index in [0.29, 0.717) is 5.56 Å². The maximum atomic E-state index is 11.9. The molecule has 5 nitrogen and oxygen atoms in total. The van der Waals surface area contributed by atoms with Crippen LogP contribution in [0.3, 0.4) is 0 Å². The molecule has 5 heteroatoms. The number of nitrogens with one attached hydrogen (secondary N) is 1. The molecule has 0 saturated carbocycles. The molecule has 1 amide bonds. The molecular weight excluding hydrogens is 362 g/mol. The van der Waals surface area contributed by atoms with Crippen LogP contribution >= 0.6 is 0 Å². The summed E-state index contributed by atoms with van der Waals surface area (Å²) in [7, 11) is 1.62. The van der Waals surface area contributed by atoms with E-state index >= 15 is 0 Å². The molecule has 2 aromatic heterocycles. The fourth-order valence-corrected chi connectivity index (χ4v) is 3.27. The second kappa shape index (κ2) is 7.08. The predicted molar refractivity (Wildman–Crippen MR) is 115 cm³/mol. The third-order valence-corrected chi connectivity index (χ3v) is 4.68. The Kier molecular flexibility index (Phi) is 4.57. The molecule has 0 radical (unpaired) electrons. The first-order valence-corrected chi connectivity index (χ1v) is 9.34.